The molecule has 0 radical (unpaired) electrons. The molecule has 0 bridgehead atoms. The minimum atomic E-state index is 0.113. The van der Waals surface area contributed by atoms with Crippen molar-refractivity contribution in [2.75, 3.05) is 23.3 Å². The molecule has 1 atom stereocenters. The van der Waals surface area contributed by atoms with Crippen molar-refractivity contribution in [3.8, 4) is 0 Å². The van der Waals surface area contributed by atoms with E-state index in [2.05, 4.69) is 31.5 Å². The summed E-state index contributed by atoms with van der Waals surface area (Å²) >= 11 is 1.63. The standard InChI is InChI=1S/C22H26N6OS/c1-14(29)16-7-4-10-28(13-16)17-11-19-18(23-12-17)8-9-20(24-19)25-22-27-26-21(30-22)15-5-2-3-6-15/h8-9,11-12,15-16H,2-7,10,13H2,1H3,(H,24,25,27). The normalized spacial score (nSPS) is 20.0. The minimum Gasteiger partial charge on any atom is -0.370 e. The molecule has 7 nitrogen and oxygen atoms in total. The lowest BCUT2D eigenvalue weighted by Crippen LogP contribution is -2.38. The monoisotopic (exact) mass is 422 g/mol. The maximum atomic E-state index is 11.8. The van der Waals surface area contributed by atoms with Crippen LogP contribution < -0.4 is 10.2 Å². The first-order valence-electron chi connectivity index (χ1n) is 10.8. The minimum absolute atomic E-state index is 0.113. The first kappa shape index (κ1) is 19.4. The van der Waals surface area contributed by atoms with Crippen molar-refractivity contribution >= 4 is 44.8 Å². The van der Waals surface area contributed by atoms with Crippen molar-refractivity contribution in [2.24, 2.45) is 5.92 Å². The first-order valence-corrected chi connectivity index (χ1v) is 11.6. The summed E-state index contributed by atoms with van der Waals surface area (Å²) in [6, 6.07) is 5.97. The third kappa shape index (κ3) is 4.01. The largest absolute Gasteiger partial charge is 0.370 e. The van der Waals surface area contributed by atoms with Gasteiger partial charge in [-0.3, -0.25) is 9.78 Å². The second kappa shape index (κ2) is 8.26. The second-order valence-electron chi connectivity index (χ2n) is 8.38. The molecule has 5 rings (SSSR count). The SMILES string of the molecule is CC(=O)C1CCCN(c2cnc3ccc(Nc4nnc(C5CCCC5)s4)nc3c2)C1. The van der Waals surface area contributed by atoms with Gasteiger partial charge in [0.2, 0.25) is 5.13 Å². The highest BCUT2D eigenvalue weighted by atomic mass is 32.1. The molecule has 3 aromatic heterocycles. The number of fused-ring (bicyclic) bond motifs is 1. The molecule has 1 aliphatic carbocycles. The van der Waals surface area contributed by atoms with Crippen LogP contribution in [-0.4, -0.2) is 39.0 Å². The van der Waals surface area contributed by atoms with Gasteiger partial charge >= 0.3 is 0 Å². The van der Waals surface area contributed by atoms with Crippen LogP contribution >= 0.6 is 11.3 Å². The number of carbonyl (C=O) groups excluding carboxylic acids is 1. The number of ketones is 1. The Morgan fingerprint density at radius 2 is 2.00 bits per heavy atom. The van der Waals surface area contributed by atoms with Crippen LogP contribution in [0.15, 0.2) is 24.4 Å². The van der Waals surface area contributed by atoms with Crippen LogP contribution in [0.2, 0.25) is 0 Å². The van der Waals surface area contributed by atoms with E-state index in [1.54, 1.807) is 18.3 Å². The van der Waals surface area contributed by atoms with Gasteiger partial charge in [0.25, 0.3) is 0 Å². The molecule has 3 aromatic rings. The fraction of sp³-hybridized carbons (Fsp3) is 0.500. The highest BCUT2D eigenvalue weighted by molar-refractivity contribution is 7.15. The van der Waals surface area contributed by atoms with E-state index in [-0.39, 0.29) is 11.7 Å². The van der Waals surface area contributed by atoms with Crippen molar-refractivity contribution in [1.29, 1.82) is 0 Å². The van der Waals surface area contributed by atoms with Crippen LogP contribution in [0.4, 0.5) is 16.6 Å². The third-order valence-corrected chi connectivity index (χ3v) is 7.27. The van der Waals surface area contributed by atoms with Crippen molar-refractivity contribution in [3.05, 3.63) is 29.4 Å². The maximum absolute atomic E-state index is 11.8. The average molecular weight is 423 g/mol. The highest BCUT2D eigenvalue weighted by Gasteiger charge is 2.24. The quantitative estimate of drug-likeness (QED) is 0.638. The summed E-state index contributed by atoms with van der Waals surface area (Å²) in [6.07, 6.45) is 8.91. The van der Waals surface area contributed by atoms with Crippen LogP contribution in [0.5, 0.6) is 0 Å². The molecule has 8 heteroatoms. The zero-order valence-electron chi connectivity index (χ0n) is 17.2. The first-order chi connectivity index (χ1) is 14.7. The van der Waals surface area contributed by atoms with Crippen LogP contribution in [0.3, 0.4) is 0 Å². The average Bonchev–Trinajstić information content (AvgIpc) is 3.45. The molecule has 156 valence electrons. The van der Waals surface area contributed by atoms with Crippen LogP contribution in [0.25, 0.3) is 11.0 Å². The van der Waals surface area contributed by atoms with Gasteiger partial charge in [-0.1, -0.05) is 24.2 Å². The molecule has 0 amide bonds. The molecule has 1 N–H and O–H groups in total. The number of anilines is 3. The lowest BCUT2D eigenvalue weighted by atomic mass is 9.94. The van der Waals surface area contributed by atoms with E-state index in [1.807, 2.05) is 18.3 Å². The molecule has 1 aliphatic heterocycles. The zero-order chi connectivity index (χ0) is 20.5. The van der Waals surface area contributed by atoms with E-state index < -0.39 is 0 Å². The number of hydrogen-bond donors (Lipinski definition) is 1. The number of piperidine rings is 1. The van der Waals surface area contributed by atoms with Crippen LogP contribution in [0.1, 0.15) is 56.4 Å². The summed E-state index contributed by atoms with van der Waals surface area (Å²) < 4.78 is 0. The Labute approximate surface area is 179 Å². The lowest BCUT2D eigenvalue weighted by Gasteiger charge is -2.33. The summed E-state index contributed by atoms with van der Waals surface area (Å²) in [6.45, 7) is 3.40. The van der Waals surface area contributed by atoms with Gasteiger partial charge in [-0.2, -0.15) is 0 Å². The smallest absolute Gasteiger partial charge is 0.211 e. The summed E-state index contributed by atoms with van der Waals surface area (Å²) in [7, 11) is 0. The number of hydrogen-bond acceptors (Lipinski definition) is 8. The van der Waals surface area contributed by atoms with Crippen molar-refractivity contribution < 1.29 is 4.79 Å². The molecule has 2 aliphatic rings. The zero-order valence-corrected chi connectivity index (χ0v) is 18.0. The van der Waals surface area contributed by atoms with E-state index >= 15 is 0 Å². The van der Waals surface area contributed by atoms with E-state index in [1.165, 1.54) is 25.7 Å². The van der Waals surface area contributed by atoms with Gasteiger partial charge < -0.3 is 10.2 Å². The Bertz CT molecular complexity index is 1060. The fourth-order valence-electron chi connectivity index (χ4n) is 4.51. The van der Waals surface area contributed by atoms with Gasteiger partial charge in [0, 0.05) is 24.9 Å². The number of carbonyl (C=O) groups is 1. The molecule has 1 saturated heterocycles. The van der Waals surface area contributed by atoms with Gasteiger partial charge in [-0.15, -0.1) is 10.2 Å². The molecule has 1 saturated carbocycles. The van der Waals surface area contributed by atoms with Crippen molar-refractivity contribution in [1.82, 2.24) is 20.2 Å². The molecular formula is C22H26N6OS. The van der Waals surface area contributed by atoms with E-state index in [4.69, 9.17) is 4.98 Å². The molecule has 0 spiro atoms. The molecule has 30 heavy (non-hydrogen) atoms. The summed E-state index contributed by atoms with van der Waals surface area (Å²) in [5.74, 6) is 1.70. The van der Waals surface area contributed by atoms with Gasteiger partial charge in [-0.05, 0) is 50.8 Å². The fourth-order valence-corrected chi connectivity index (χ4v) is 5.43. The van der Waals surface area contributed by atoms with Gasteiger partial charge in [0.05, 0.1) is 22.9 Å². The number of rotatable bonds is 5. The van der Waals surface area contributed by atoms with Crippen molar-refractivity contribution in [3.63, 3.8) is 0 Å². The number of pyridine rings is 2. The van der Waals surface area contributed by atoms with E-state index in [9.17, 15) is 4.79 Å². The second-order valence-corrected chi connectivity index (χ2v) is 9.39. The van der Waals surface area contributed by atoms with Crippen LogP contribution in [0, 0.1) is 5.92 Å². The topological polar surface area (TPSA) is 83.9 Å². The maximum Gasteiger partial charge on any atom is 0.211 e. The summed E-state index contributed by atoms with van der Waals surface area (Å²) in [5, 5.41) is 13.9. The molecule has 4 heterocycles. The summed E-state index contributed by atoms with van der Waals surface area (Å²) in [5.41, 5.74) is 2.72. The number of nitrogens with one attached hydrogen (secondary N) is 1. The molecule has 0 aromatic carbocycles. The van der Waals surface area contributed by atoms with Crippen molar-refractivity contribution in [2.45, 2.75) is 51.4 Å². The molecule has 1 unspecified atom stereocenters. The molecule has 2 fully saturated rings. The Hall–Kier alpha value is -2.61. The van der Waals surface area contributed by atoms with Gasteiger partial charge in [-0.25, -0.2) is 4.98 Å². The number of aromatic nitrogens is 4. The Morgan fingerprint density at radius 1 is 1.13 bits per heavy atom. The van der Waals surface area contributed by atoms with Crippen LogP contribution in [-0.2, 0) is 4.79 Å². The third-order valence-electron chi connectivity index (χ3n) is 6.26. The predicted molar refractivity (Wildman–Crippen MR) is 120 cm³/mol. The summed E-state index contributed by atoms with van der Waals surface area (Å²) in [4.78, 5) is 23.4. The number of nitrogens with zero attached hydrogens (tertiary/aromatic N) is 5. The van der Waals surface area contributed by atoms with Gasteiger partial charge in [0.15, 0.2) is 0 Å². The highest BCUT2D eigenvalue weighted by Crippen LogP contribution is 2.37. The van der Waals surface area contributed by atoms with E-state index in [0.29, 0.717) is 5.92 Å². The molecular weight excluding hydrogens is 396 g/mol. The lowest BCUT2D eigenvalue weighted by molar-refractivity contribution is -0.120. The Morgan fingerprint density at radius 3 is 2.83 bits per heavy atom. The Kier molecular flexibility index (Phi) is 5.33. The van der Waals surface area contributed by atoms with Gasteiger partial charge in [0.1, 0.15) is 16.6 Å². The predicted octanol–water partition coefficient (Wildman–Crippen LogP) is 4.69. The number of Topliss-reactive ketones (excluding diaryl/α,β-unsaturated/α-hetero) is 1. The van der Waals surface area contributed by atoms with E-state index in [0.717, 1.165) is 58.6 Å². The Balaban J connectivity index is 1.35.